The Labute approximate surface area is 113 Å². The van der Waals surface area contributed by atoms with Gasteiger partial charge in [0.05, 0.1) is 5.56 Å². The monoisotopic (exact) mass is 268 g/mol. The standard InChI is InChI=1S/C13H17N2O2.ClH/c1-15(10-14-8-4-7-13(14)16)9-11-5-2-3-6-12(11)17-15;/h2-3,5-6H,4,7-10H2,1H3;1H/q+1;/p-1. The van der Waals surface area contributed by atoms with Gasteiger partial charge in [-0.15, -0.1) is 4.65 Å². The lowest BCUT2D eigenvalue weighted by Crippen LogP contribution is -3.00. The van der Waals surface area contributed by atoms with Gasteiger partial charge < -0.3 is 17.2 Å². The highest BCUT2D eigenvalue weighted by Gasteiger charge is 2.38. The Morgan fingerprint density at radius 2 is 2.17 bits per heavy atom. The topological polar surface area (TPSA) is 29.5 Å². The zero-order chi connectivity index (χ0) is 11.9. The van der Waals surface area contributed by atoms with E-state index in [1.54, 1.807) is 0 Å². The number of hydrogen-bond donors (Lipinski definition) is 0. The van der Waals surface area contributed by atoms with E-state index in [0.717, 1.165) is 25.3 Å². The maximum atomic E-state index is 11.6. The van der Waals surface area contributed by atoms with Crippen molar-refractivity contribution in [3.63, 3.8) is 0 Å². The van der Waals surface area contributed by atoms with Crippen molar-refractivity contribution in [2.75, 3.05) is 20.3 Å². The summed E-state index contributed by atoms with van der Waals surface area (Å²) < 4.78 is 0.449. The summed E-state index contributed by atoms with van der Waals surface area (Å²) in [4.78, 5) is 19.5. The molecule has 98 valence electrons. The summed E-state index contributed by atoms with van der Waals surface area (Å²) in [5, 5.41) is 0. The fraction of sp³-hybridized carbons (Fsp3) is 0.462. The highest BCUT2D eigenvalue weighted by molar-refractivity contribution is 5.77. The van der Waals surface area contributed by atoms with Crippen LogP contribution in [0.2, 0.25) is 0 Å². The second kappa shape index (κ2) is 4.78. The van der Waals surface area contributed by atoms with E-state index in [-0.39, 0.29) is 18.3 Å². The van der Waals surface area contributed by atoms with Gasteiger partial charge in [0.25, 0.3) is 0 Å². The highest BCUT2D eigenvalue weighted by atomic mass is 35.5. The van der Waals surface area contributed by atoms with Crippen LogP contribution in [0.25, 0.3) is 0 Å². The lowest BCUT2D eigenvalue weighted by molar-refractivity contribution is -1.07. The quantitative estimate of drug-likeness (QED) is 0.613. The number of rotatable bonds is 2. The van der Waals surface area contributed by atoms with Crippen LogP contribution in [0.3, 0.4) is 0 Å². The molecule has 2 heterocycles. The van der Waals surface area contributed by atoms with Gasteiger partial charge in [0.15, 0.2) is 12.4 Å². The van der Waals surface area contributed by atoms with Crippen molar-refractivity contribution in [2.24, 2.45) is 0 Å². The smallest absolute Gasteiger partial charge is 0.227 e. The van der Waals surface area contributed by atoms with Crippen molar-refractivity contribution in [2.45, 2.75) is 19.4 Å². The number of quaternary nitrogens is 1. The third kappa shape index (κ3) is 2.31. The molecule has 4 nitrogen and oxygen atoms in total. The van der Waals surface area contributed by atoms with Gasteiger partial charge in [0.1, 0.15) is 13.6 Å². The van der Waals surface area contributed by atoms with Crippen LogP contribution in [0, 0.1) is 0 Å². The molecule has 1 atom stereocenters. The van der Waals surface area contributed by atoms with Crippen LogP contribution in [-0.2, 0) is 11.3 Å². The van der Waals surface area contributed by atoms with E-state index in [4.69, 9.17) is 4.84 Å². The van der Waals surface area contributed by atoms with E-state index in [1.807, 2.05) is 30.1 Å². The predicted octanol–water partition coefficient (Wildman–Crippen LogP) is -1.48. The van der Waals surface area contributed by atoms with E-state index >= 15 is 0 Å². The number of nitrogens with zero attached hydrogens (tertiary/aromatic N) is 2. The molecule has 0 aliphatic carbocycles. The molecular formula is C13H17ClN2O2. The minimum Gasteiger partial charge on any atom is -1.00 e. The average molecular weight is 269 g/mol. The minimum absolute atomic E-state index is 0. The summed E-state index contributed by atoms with van der Waals surface area (Å²) in [6, 6.07) is 8.09. The van der Waals surface area contributed by atoms with Gasteiger partial charge in [-0.2, -0.15) is 0 Å². The van der Waals surface area contributed by atoms with Gasteiger partial charge in [-0.1, -0.05) is 12.1 Å². The molecule has 3 rings (SSSR count). The van der Waals surface area contributed by atoms with Gasteiger partial charge in [0, 0.05) is 13.0 Å². The summed E-state index contributed by atoms with van der Waals surface area (Å²) in [6.45, 7) is 2.35. The normalized spacial score (nSPS) is 25.6. The average Bonchev–Trinajstić information content (AvgIpc) is 2.82. The number of hydrogen-bond acceptors (Lipinski definition) is 2. The second-order valence-corrected chi connectivity index (χ2v) is 5.06. The number of amides is 1. The van der Waals surface area contributed by atoms with Crippen molar-refractivity contribution in [1.29, 1.82) is 0 Å². The SMILES string of the molecule is C[N+]1(CN2CCCC2=O)Cc2ccccc2O1.[Cl-]. The number of benzene rings is 1. The second-order valence-electron chi connectivity index (χ2n) is 5.06. The molecule has 5 heteroatoms. The lowest BCUT2D eigenvalue weighted by Gasteiger charge is -2.29. The van der Waals surface area contributed by atoms with E-state index in [9.17, 15) is 4.79 Å². The Balaban J connectivity index is 0.00000120. The number of carbonyl (C=O) groups excluding carboxylic acids is 1. The first-order valence-corrected chi connectivity index (χ1v) is 6.06. The van der Waals surface area contributed by atoms with Crippen LogP contribution < -0.4 is 17.2 Å². The lowest BCUT2D eigenvalue weighted by atomic mass is 10.2. The molecule has 0 radical (unpaired) electrons. The number of hydroxylamine groups is 3. The van der Waals surface area contributed by atoms with E-state index in [2.05, 4.69) is 6.07 Å². The van der Waals surface area contributed by atoms with Gasteiger partial charge >= 0.3 is 0 Å². The molecule has 1 saturated heterocycles. The third-order valence-corrected chi connectivity index (χ3v) is 3.44. The van der Waals surface area contributed by atoms with Crippen LogP contribution in [-0.4, -0.2) is 35.7 Å². The molecule has 1 aromatic rings. The van der Waals surface area contributed by atoms with Gasteiger partial charge in [0.2, 0.25) is 5.91 Å². The Kier molecular flexibility index (Phi) is 3.50. The van der Waals surface area contributed by atoms with Crippen LogP contribution in [0.4, 0.5) is 0 Å². The van der Waals surface area contributed by atoms with E-state index < -0.39 is 0 Å². The van der Waals surface area contributed by atoms with Crippen LogP contribution in [0.15, 0.2) is 24.3 Å². The van der Waals surface area contributed by atoms with E-state index in [1.165, 1.54) is 5.56 Å². The minimum atomic E-state index is 0. The fourth-order valence-corrected chi connectivity index (χ4v) is 2.65. The number of fused-ring (bicyclic) bond motifs is 1. The Bertz CT molecular complexity index is 439. The van der Waals surface area contributed by atoms with Crippen molar-refractivity contribution in [3.8, 4) is 5.75 Å². The molecule has 0 spiro atoms. The van der Waals surface area contributed by atoms with Crippen LogP contribution >= 0.6 is 0 Å². The van der Waals surface area contributed by atoms with Crippen molar-refractivity contribution >= 4 is 5.91 Å². The maximum Gasteiger partial charge on any atom is 0.227 e. The molecule has 1 fully saturated rings. The number of likely N-dealkylation sites (tertiary alicyclic amines) is 1. The zero-order valence-electron chi connectivity index (χ0n) is 10.4. The molecule has 2 aliphatic heterocycles. The van der Waals surface area contributed by atoms with Crippen molar-refractivity contribution in [3.05, 3.63) is 29.8 Å². The van der Waals surface area contributed by atoms with Crippen LogP contribution in [0.1, 0.15) is 18.4 Å². The Hall–Kier alpha value is -1.26. The first kappa shape index (κ1) is 13.2. The summed E-state index contributed by atoms with van der Waals surface area (Å²) >= 11 is 0. The Morgan fingerprint density at radius 1 is 1.39 bits per heavy atom. The number of carbonyl (C=O) groups is 1. The molecule has 1 aromatic carbocycles. The van der Waals surface area contributed by atoms with Gasteiger partial charge in [-0.25, -0.2) is 0 Å². The predicted molar refractivity (Wildman–Crippen MR) is 62.8 cm³/mol. The first-order chi connectivity index (χ1) is 8.16. The van der Waals surface area contributed by atoms with E-state index in [0.29, 0.717) is 17.7 Å². The fourth-order valence-electron chi connectivity index (χ4n) is 2.65. The summed E-state index contributed by atoms with van der Waals surface area (Å²) in [6.07, 6.45) is 1.67. The van der Waals surface area contributed by atoms with Crippen LogP contribution in [0.5, 0.6) is 5.75 Å². The Morgan fingerprint density at radius 3 is 2.83 bits per heavy atom. The molecule has 1 unspecified atom stereocenters. The number of halogens is 1. The van der Waals surface area contributed by atoms with Gasteiger partial charge in [-0.3, -0.25) is 9.69 Å². The first-order valence-electron chi connectivity index (χ1n) is 6.06. The molecule has 0 bridgehead atoms. The zero-order valence-corrected chi connectivity index (χ0v) is 11.2. The largest absolute Gasteiger partial charge is 1.00 e. The molecule has 0 saturated carbocycles. The summed E-state index contributed by atoms with van der Waals surface area (Å²) in [7, 11) is 2.03. The van der Waals surface area contributed by atoms with Gasteiger partial charge in [-0.05, 0) is 18.6 Å². The van der Waals surface area contributed by atoms with Crippen molar-refractivity contribution in [1.82, 2.24) is 4.90 Å². The molecule has 18 heavy (non-hydrogen) atoms. The maximum absolute atomic E-state index is 11.6. The number of para-hydroxylation sites is 1. The molecular weight excluding hydrogens is 252 g/mol. The molecule has 0 N–H and O–H groups in total. The summed E-state index contributed by atoms with van der Waals surface area (Å²) in [5.41, 5.74) is 1.22. The third-order valence-electron chi connectivity index (χ3n) is 3.44. The molecule has 2 aliphatic rings. The summed E-state index contributed by atoms with van der Waals surface area (Å²) in [5.74, 6) is 1.20. The molecule has 0 aromatic heterocycles. The highest BCUT2D eigenvalue weighted by Crippen LogP contribution is 2.32. The molecule has 1 amide bonds. The van der Waals surface area contributed by atoms with Crippen molar-refractivity contribution < 1.29 is 26.7 Å².